The summed E-state index contributed by atoms with van der Waals surface area (Å²) >= 11 is 0. The van der Waals surface area contributed by atoms with E-state index in [1.807, 2.05) is 24.8 Å². The van der Waals surface area contributed by atoms with Crippen LogP contribution in [0.5, 0.6) is 0 Å². The second-order valence-corrected chi connectivity index (χ2v) is 7.06. The van der Waals surface area contributed by atoms with Gasteiger partial charge in [0.1, 0.15) is 23.4 Å². The molecule has 1 aliphatic heterocycles. The highest BCUT2D eigenvalue weighted by Gasteiger charge is 2.30. The van der Waals surface area contributed by atoms with E-state index >= 15 is 0 Å². The Morgan fingerprint density at radius 1 is 1.40 bits per heavy atom. The average molecular weight is 346 g/mol. The Hall–Kier alpha value is -2.05. The van der Waals surface area contributed by atoms with Crippen LogP contribution in [0.2, 0.25) is 0 Å². The third-order valence-corrected chi connectivity index (χ3v) is 4.91. The maximum absolute atomic E-state index is 12.3. The first-order chi connectivity index (χ1) is 11.9. The number of amides is 1. The van der Waals surface area contributed by atoms with Crippen LogP contribution in [0.4, 0.5) is 0 Å². The fourth-order valence-corrected chi connectivity index (χ4v) is 3.46. The molecule has 6 heteroatoms. The van der Waals surface area contributed by atoms with Gasteiger partial charge in [-0.3, -0.25) is 4.79 Å². The van der Waals surface area contributed by atoms with Gasteiger partial charge in [0.2, 0.25) is 0 Å². The molecule has 3 heterocycles. The molecule has 1 fully saturated rings. The second kappa shape index (κ2) is 7.06. The van der Waals surface area contributed by atoms with Gasteiger partial charge < -0.3 is 24.2 Å². The highest BCUT2D eigenvalue weighted by Crippen LogP contribution is 2.27. The van der Waals surface area contributed by atoms with E-state index in [1.165, 1.54) is 12.5 Å². The molecule has 25 heavy (non-hydrogen) atoms. The quantitative estimate of drug-likeness (QED) is 0.870. The molecule has 136 valence electrons. The van der Waals surface area contributed by atoms with Gasteiger partial charge in [0.15, 0.2) is 0 Å². The van der Waals surface area contributed by atoms with Gasteiger partial charge in [-0.15, -0.1) is 0 Å². The zero-order valence-electron chi connectivity index (χ0n) is 15.0. The van der Waals surface area contributed by atoms with Crippen molar-refractivity contribution in [3.8, 4) is 0 Å². The predicted octanol–water partition coefficient (Wildman–Crippen LogP) is 2.59. The number of aryl methyl sites for hydroxylation is 2. The Morgan fingerprint density at radius 2 is 2.12 bits per heavy atom. The number of nitrogens with one attached hydrogen (secondary N) is 1. The van der Waals surface area contributed by atoms with Gasteiger partial charge in [-0.25, -0.2) is 0 Å². The maximum Gasteiger partial charge on any atom is 0.257 e. The molecule has 0 unspecified atom stereocenters. The summed E-state index contributed by atoms with van der Waals surface area (Å²) in [5, 5.41) is 14.2. The minimum atomic E-state index is -0.981. The summed E-state index contributed by atoms with van der Waals surface area (Å²) in [5.41, 5.74) is 0.441. The van der Waals surface area contributed by atoms with Crippen LogP contribution in [0.15, 0.2) is 33.5 Å². The molecular weight excluding hydrogens is 320 g/mol. The zero-order valence-corrected chi connectivity index (χ0v) is 15.0. The second-order valence-electron chi connectivity index (χ2n) is 7.06. The number of nitrogens with zero attached hydrogens (tertiary/aromatic N) is 1. The highest BCUT2D eigenvalue weighted by atomic mass is 16.3. The molecule has 0 radical (unpaired) electrons. The summed E-state index contributed by atoms with van der Waals surface area (Å²) < 4.78 is 10.5. The number of piperidine rings is 1. The van der Waals surface area contributed by atoms with Crippen molar-refractivity contribution in [3.63, 3.8) is 0 Å². The maximum atomic E-state index is 12.3. The van der Waals surface area contributed by atoms with Crippen molar-refractivity contribution < 1.29 is 18.7 Å². The Kier molecular flexibility index (Phi) is 5.01. The molecule has 6 nitrogen and oxygen atoms in total. The van der Waals surface area contributed by atoms with Crippen molar-refractivity contribution in [2.45, 2.75) is 45.3 Å². The lowest BCUT2D eigenvalue weighted by molar-refractivity contribution is 0.0469. The molecule has 1 atom stereocenters. The summed E-state index contributed by atoms with van der Waals surface area (Å²) in [6, 6.07) is 3.87. The van der Waals surface area contributed by atoms with Crippen LogP contribution in [0.25, 0.3) is 0 Å². The largest absolute Gasteiger partial charge is 0.472 e. The minimum Gasteiger partial charge on any atom is -0.472 e. The number of rotatable bonds is 5. The van der Waals surface area contributed by atoms with Gasteiger partial charge in [-0.2, -0.15) is 0 Å². The summed E-state index contributed by atoms with van der Waals surface area (Å²) in [7, 11) is 0. The van der Waals surface area contributed by atoms with E-state index < -0.39 is 5.60 Å². The fourth-order valence-electron chi connectivity index (χ4n) is 3.46. The van der Waals surface area contributed by atoms with E-state index in [4.69, 9.17) is 8.83 Å². The van der Waals surface area contributed by atoms with Crippen LogP contribution in [0, 0.1) is 13.8 Å². The lowest BCUT2D eigenvalue weighted by Gasteiger charge is -2.34. The number of hydrogen-bond acceptors (Lipinski definition) is 5. The van der Waals surface area contributed by atoms with Crippen LogP contribution in [0.1, 0.15) is 47.2 Å². The van der Waals surface area contributed by atoms with E-state index in [9.17, 15) is 9.90 Å². The first-order valence-corrected chi connectivity index (χ1v) is 8.71. The molecule has 1 saturated heterocycles. The third kappa shape index (κ3) is 3.96. The Labute approximate surface area is 147 Å². The van der Waals surface area contributed by atoms with Crippen LogP contribution < -0.4 is 5.32 Å². The molecule has 1 amide bonds. The number of furan rings is 2. The molecule has 2 aromatic heterocycles. The first-order valence-electron chi connectivity index (χ1n) is 8.71. The normalized spacial score (nSPS) is 18.3. The molecule has 0 aromatic carbocycles. The SMILES string of the molecule is Cc1cc([C@@](C)(O)CNC2CCN(C(=O)c3ccoc3)CC2)c(C)o1. The van der Waals surface area contributed by atoms with Crippen LogP contribution in [-0.2, 0) is 5.60 Å². The van der Waals surface area contributed by atoms with Crippen molar-refractivity contribution in [1.29, 1.82) is 0 Å². The third-order valence-electron chi connectivity index (χ3n) is 4.91. The monoisotopic (exact) mass is 346 g/mol. The first kappa shape index (κ1) is 17.8. The highest BCUT2D eigenvalue weighted by molar-refractivity contribution is 5.93. The molecule has 0 bridgehead atoms. The molecule has 2 N–H and O–H groups in total. The summed E-state index contributed by atoms with van der Waals surface area (Å²) in [5.74, 6) is 1.58. The average Bonchev–Trinajstić information content (AvgIpc) is 3.23. The van der Waals surface area contributed by atoms with Crippen LogP contribution in [-0.4, -0.2) is 41.6 Å². The Bertz CT molecular complexity index is 710. The van der Waals surface area contributed by atoms with Crippen molar-refractivity contribution in [3.05, 3.63) is 47.3 Å². The van der Waals surface area contributed by atoms with Crippen molar-refractivity contribution in [2.75, 3.05) is 19.6 Å². The predicted molar refractivity (Wildman–Crippen MR) is 93.4 cm³/mol. The van der Waals surface area contributed by atoms with Gasteiger partial charge in [0, 0.05) is 31.2 Å². The molecule has 0 aliphatic carbocycles. The van der Waals surface area contributed by atoms with Gasteiger partial charge >= 0.3 is 0 Å². The molecule has 0 saturated carbocycles. The molecule has 2 aromatic rings. The Balaban J connectivity index is 1.51. The van der Waals surface area contributed by atoms with Gasteiger partial charge in [0.25, 0.3) is 5.91 Å². The van der Waals surface area contributed by atoms with Gasteiger partial charge in [-0.1, -0.05) is 0 Å². The summed E-state index contributed by atoms with van der Waals surface area (Å²) in [4.78, 5) is 14.2. The zero-order chi connectivity index (χ0) is 18.0. The van der Waals surface area contributed by atoms with Crippen LogP contribution in [0.3, 0.4) is 0 Å². The topological polar surface area (TPSA) is 78.9 Å². The van der Waals surface area contributed by atoms with Crippen molar-refractivity contribution >= 4 is 5.91 Å². The fraction of sp³-hybridized carbons (Fsp3) is 0.526. The van der Waals surface area contributed by atoms with Crippen molar-refractivity contribution in [2.24, 2.45) is 0 Å². The van der Waals surface area contributed by atoms with Gasteiger partial charge in [-0.05, 0) is 45.7 Å². The summed E-state index contributed by atoms with van der Waals surface area (Å²) in [6.07, 6.45) is 4.73. The number of aliphatic hydroxyl groups is 1. The van der Waals surface area contributed by atoms with Gasteiger partial charge in [0.05, 0.1) is 11.8 Å². The number of hydrogen-bond donors (Lipinski definition) is 2. The van der Waals surface area contributed by atoms with E-state index in [2.05, 4.69) is 5.32 Å². The number of carbonyl (C=O) groups excluding carboxylic acids is 1. The van der Waals surface area contributed by atoms with Crippen LogP contribution >= 0.6 is 0 Å². The van der Waals surface area contributed by atoms with E-state index in [0.29, 0.717) is 25.2 Å². The standard InChI is InChI=1S/C19H26N2O4/c1-13-10-17(14(2)25-13)19(3,23)12-20-16-4-7-21(8-5-16)18(22)15-6-9-24-11-15/h6,9-11,16,20,23H,4-5,7-8,12H2,1-3H3/t19-/m0/s1. The lowest BCUT2D eigenvalue weighted by atomic mass is 9.95. The van der Waals surface area contributed by atoms with Crippen molar-refractivity contribution in [1.82, 2.24) is 10.2 Å². The smallest absolute Gasteiger partial charge is 0.257 e. The molecular formula is C19H26N2O4. The van der Waals surface area contributed by atoms with E-state index in [-0.39, 0.29) is 11.9 Å². The lowest BCUT2D eigenvalue weighted by Crippen LogP contribution is -2.48. The summed E-state index contributed by atoms with van der Waals surface area (Å²) in [6.45, 7) is 7.41. The molecule has 3 rings (SSSR count). The van der Waals surface area contributed by atoms with E-state index in [0.717, 1.165) is 29.9 Å². The molecule has 1 aliphatic rings. The minimum absolute atomic E-state index is 0.0173. The molecule has 0 spiro atoms. The number of carbonyl (C=O) groups is 1. The number of likely N-dealkylation sites (tertiary alicyclic amines) is 1. The Morgan fingerprint density at radius 3 is 2.68 bits per heavy atom. The van der Waals surface area contributed by atoms with E-state index in [1.54, 1.807) is 13.0 Å².